The fourth-order valence-corrected chi connectivity index (χ4v) is 0.633. The summed E-state index contributed by atoms with van der Waals surface area (Å²) in [6.45, 7) is 3.50. The summed E-state index contributed by atoms with van der Waals surface area (Å²) >= 11 is 0. The third kappa shape index (κ3) is 2.64. The highest BCUT2D eigenvalue weighted by Crippen LogP contribution is 2.19. The Labute approximate surface area is 66.1 Å². The SMILES string of the molecule is COC(C)(C)C(C#N)CN=O. The van der Waals surface area contributed by atoms with Crippen molar-refractivity contribution in [1.29, 1.82) is 5.26 Å². The maximum Gasteiger partial charge on any atom is 0.0997 e. The number of ether oxygens (including phenoxy) is 1. The van der Waals surface area contributed by atoms with Gasteiger partial charge in [0.25, 0.3) is 0 Å². The average molecular weight is 156 g/mol. The summed E-state index contributed by atoms with van der Waals surface area (Å²) in [6.07, 6.45) is 0. The number of methoxy groups -OCH3 is 1. The Morgan fingerprint density at radius 3 is 2.55 bits per heavy atom. The van der Waals surface area contributed by atoms with Crippen molar-refractivity contribution in [2.45, 2.75) is 19.4 Å². The second-order valence-electron chi connectivity index (χ2n) is 2.80. The topological polar surface area (TPSA) is 62.4 Å². The van der Waals surface area contributed by atoms with Crippen LogP contribution in [0.5, 0.6) is 0 Å². The van der Waals surface area contributed by atoms with Crippen LogP contribution in [0.25, 0.3) is 0 Å². The smallest absolute Gasteiger partial charge is 0.0997 e. The van der Waals surface area contributed by atoms with Gasteiger partial charge in [-0.2, -0.15) is 10.2 Å². The van der Waals surface area contributed by atoms with Gasteiger partial charge in [0.05, 0.1) is 24.1 Å². The minimum atomic E-state index is -0.595. The number of nitroso groups, excluding NO2 is 1. The Hall–Kier alpha value is -0.950. The van der Waals surface area contributed by atoms with Gasteiger partial charge in [-0.1, -0.05) is 5.18 Å². The van der Waals surface area contributed by atoms with Crippen LogP contribution in [0.2, 0.25) is 0 Å². The number of hydrogen-bond acceptors (Lipinski definition) is 4. The average Bonchev–Trinajstić information content (AvgIpc) is 2.00. The van der Waals surface area contributed by atoms with Crippen molar-refractivity contribution >= 4 is 0 Å². The Morgan fingerprint density at radius 1 is 1.73 bits per heavy atom. The molecule has 0 aliphatic heterocycles. The van der Waals surface area contributed by atoms with Crippen molar-refractivity contribution in [3.63, 3.8) is 0 Å². The summed E-state index contributed by atoms with van der Waals surface area (Å²) in [5.41, 5.74) is -0.595. The second kappa shape index (κ2) is 4.04. The van der Waals surface area contributed by atoms with Gasteiger partial charge in [0.2, 0.25) is 0 Å². The first-order chi connectivity index (χ1) is 5.08. The second-order valence-corrected chi connectivity index (χ2v) is 2.80. The van der Waals surface area contributed by atoms with Gasteiger partial charge in [-0.25, -0.2) is 0 Å². The quantitative estimate of drug-likeness (QED) is 0.576. The summed E-state index contributed by atoms with van der Waals surface area (Å²) in [5.74, 6) is -0.468. The van der Waals surface area contributed by atoms with Crippen molar-refractivity contribution in [3.8, 4) is 6.07 Å². The van der Waals surface area contributed by atoms with Crippen LogP contribution in [-0.2, 0) is 4.74 Å². The molecule has 0 saturated carbocycles. The van der Waals surface area contributed by atoms with Gasteiger partial charge >= 0.3 is 0 Å². The molecule has 11 heavy (non-hydrogen) atoms. The van der Waals surface area contributed by atoms with E-state index in [2.05, 4.69) is 5.18 Å². The monoisotopic (exact) mass is 156 g/mol. The van der Waals surface area contributed by atoms with Crippen LogP contribution in [0.1, 0.15) is 13.8 Å². The molecular formula is C7H12N2O2. The van der Waals surface area contributed by atoms with Crippen LogP contribution in [-0.4, -0.2) is 19.3 Å². The number of nitrogens with zero attached hydrogens (tertiary/aromatic N) is 2. The Bertz CT molecular complexity index is 172. The van der Waals surface area contributed by atoms with E-state index >= 15 is 0 Å². The third-order valence-electron chi connectivity index (χ3n) is 1.78. The molecule has 0 aromatic heterocycles. The molecule has 0 saturated heterocycles. The van der Waals surface area contributed by atoms with Gasteiger partial charge in [-0.05, 0) is 13.8 Å². The van der Waals surface area contributed by atoms with E-state index in [0.29, 0.717) is 0 Å². The molecule has 1 unspecified atom stereocenters. The lowest BCUT2D eigenvalue weighted by atomic mass is 9.92. The molecule has 0 aromatic rings. The normalized spacial score (nSPS) is 13.6. The van der Waals surface area contributed by atoms with Crippen LogP contribution >= 0.6 is 0 Å². The standard InChI is InChI=1S/C7H12N2O2/c1-7(2,11-3)6(4-8)5-9-10/h6H,5H2,1-3H3. The van der Waals surface area contributed by atoms with Crippen molar-refractivity contribution in [1.82, 2.24) is 0 Å². The van der Waals surface area contributed by atoms with E-state index in [1.165, 1.54) is 7.11 Å². The van der Waals surface area contributed by atoms with E-state index in [1.54, 1.807) is 13.8 Å². The fraction of sp³-hybridized carbons (Fsp3) is 0.857. The highest BCUT2D eigenvalue weighted by Gasteiger charge is 2.29. The summed E-state index contributed by atoms with van der Waals surface area (Å²) in [5, 5.41) is 11.3. The van der Waals surface area contributed by atoms with Crippen LogP contribution in [0, 0.1) is 22.2 Å². The van der Waals surface area contributed by atoms with E-state index in [4.69, 9.17) is 10.00 Å². The lowest BCUT2D eigenvalue weighted by Crippen LogP contribution is -2.34. The van der Waals surface area contributed by atoms with E-state index in [9.17, 15) is 4.91 Å². The first-order valence-corrected chi connectivity index (χ1v) is 3.32. The highest BCUT2D eigenvalue weighted by atomic mass is 16.5. The Morgan fingerprint density at radius 2 is 2.27 bits per heavy atom. The van der Waals surface area contributed by atoms with Gasteiger partial charge in [0.15, 0.2) is 0 Å². The predicted octanol–water partition coefficient (Wildman–Crippen LogP) is 1.32. The fourth-order valence-electron chi connectivity index (χ4n) is 0.633. The zero-order chi connectivity index (χ0) is 8.91. The lowest BCUT2D eigenvalue weighted by molar-refractivity contribution is -0.00693. The zero-order valence-corrected chi connectivity index (χ0v) is 7.00. The van der Waals surface area contributed by atoms with E-state index < -0.39 is 11.5 Å². The molecule has 4 nitrogen and oxygen atoms in total. The molecule has 1 atom stereocenters. The predicted molar refractivity (Wildman–Crippen MR) is 40.9 cm³/mol. The van der Waals surface area contributed by atoms with Crippen molar-refractivity contribution in [3.05, 3.63) is 4.91 Å². The Kier molecular flexibility index (Phi) is 3.69. The molecule has 0 bridgehead atoms. The molecule has 0 N–H and O–H groups in total. The van der Waals surface area contributed by atoms with Gasteiger partial charge in [-0.15, -0.1) is 0 Å². The van der Waals surface area contributed by atoms with Crippen LogP contribution in [0.4, 0.5) is 0 Å². The largest absolute Gasteiger partial charge is 0.377 e. The van der Waals surface area contributed by atoms with Crippen LogP contribution in [0.15, 0.2) is 5.18 Å². The molecule has 0 radical (unpaired) electrons. The summed E-state index contributed by atoms with van der Waals surface area (Å²) in [6, 6.07) is 1.98. The zero-order valence-electron chi connectivity index (χ0n) is 7.00. The van der Waals surface area contributed by atoms with Crippen molar-refractivity contribution in [2.75, 3.05) is 13.7 Å². The molecule has 0 fully saturated rings. The van der Waals surface area contributed by atoms with Gasteiger partial charge in [0, 0.05) is 7.11 Å². The summed E-state index contributed by atoms with van der Waals surface area (Å²) in [4.78, 5) is 9.88. The molecule has 0 aromatic carbocycles. The number of nitriles is 1. The molecule has 4 heteroatoms. The lowest BCUT2D eigenvalue weighted by Gasteiger charge is -2.25. The van der Waals surface area contributed by atoms with Gasteiger partial charge in [-0.3, -0.25) is 0 Å². The van der Waals surface area contributed by atoms with E-state index in [1.807, 2.05) is 6.07 Å². The van der Waals surface area contributed by atoms with E-state index in [0.717, 1.165) is 0 Å². The Balaban J connectivity index is 4.25. The first-order valence-electron chi connectivity index (χ1n) is 3.32. The summed E-state index contributed by atoms with van der Waals surface area (Å²) < 4.78 is 5.02. The molecule has 0 heterocycles. The molecule has 62 valence electrons. The van der Waals surface area contributed by atoms with Crippen LogP contribution < -0.4 is 0 Å². The maximum absolute atomic E-state index is 9.88. The molecule has 0 spiro atoms. The van der Waals surface area contributed by atoms with Crippen molar-refractivity contribution < 1.29 is 4.74 Å². The molecule has 0 aliphatic carbocycles. The van der Waals surface area contributed by atoms with Crippen molar-refractivity contribution in [2.24, 2.45) is 11.1 Å². The van der Waals surface area contributed by atoms with Gasteiger partial charge < -0.3 is 4.74 Å². The van der Waals surface area contributed by atoms with Gasteiger partial charge in [0.1, 0.15) is 0 Å². The molecular weight excluding hydrogens is 144 g/mol. The van der Waals surface area contributed by atoms with Crippen LogP contribution in [0.3, 0.4) is 0 Å². The third-order valence-corrected chi connectivity index (χ3v) is 1.78. The first kappa shape index (κ1) is 10.0. The summed E-state index contributed by atoms with van der Waals surface area (Å²) in [7, 11) is 1.51. The highest BCUT2D eigenvalue weighted by molar-refractivity contribution is 4.95. The number of rotatable bonds is 4. The minimum Gasteiger partial charge on any atom is -0.377 e. The van der Waals surface area contributed by atoms with E-state index in [-0.39, 0.29) is 6.54 Å². The molecule has 0 rings (SSSR count). The minimum absolute atomic E-state index is 0.0165. The number of hydrogen-bond donors (Lipinski definition) is 0. The maximum atomic E-state index is 9.88. The molecule has 0 amide bonds. The molecule has 0 aliphatic rings.